The molecule has 0 aliphatic rings. The van der Waals surface area contributed by atoms with Crippen LogP contribution >= 0.6 is 15.9 Å². The third-order valence-corrected chi connectivity index (χ3v) is 3.15. The summed E-state index contributed by atoms with van der Waals surface area (Å²) in [7, 11) is 0. The molecule has 0 heterocycles. The highest BCUT2D eigenvalue weighted by Gasteiger charge is 2.18. The first kappa shape index (κ1) is 14.1. The van der Waals surface area contributed by atoms with Gasteiger partial charge in [-0.2, -0.15) is 0 Å². The molecule has 17 heavy (non-hydrogen) atoms. The van der Waals surface area contributed by atoms with Crippen LogP contribution in [-0.4, -0.2) is 11.9 Å². The van der Waals surface area contributed by atoms with Crippen LogP contribution in [0, 0.1) is 18.7 Å². The van der Waals surface area contributed by atoms with E-state index in [1.165, 1.54) is 12.1 Å². The summed E-state index contributed by atoms with van der Waals surface area (Å²) in [4.78, 5) is 11.8. The lowest BCUT2D eigenvalue weighted by Crippen LogP contribution is -2.39. The van der Waals surface area contributed by atoms with Gasteiger partial charge in [-0.05, 0) is 46.5 Å². The minimum Gasteiger partial charge on any atom is -0.324 e. The van der Waals surface area contributed by atoms with Crippen LogP contribution in [0.4, 0.5) is 10.1 Å². The highest BCUT2D eigenvalue weighted by molar-refractivity contribution is 9.10. The Bertz CT molecular complexity index is 435. The predicted octanol–water partition coefficient (Wildman–Crippen LogP) is 2.82. The Morgan fingerprint density at radius 1 is 1.47 bits per heavy atom. The highest BCUT2D eigenvalue weighted by Crippen LogP contribution is 2.24. The molecule has 0 spiro atoms. The second kappa shape index (κ2) is 5.60. The van der Waals surface area contributed by atoms with Crippen LogP contribution in [0.25, 0.3) is 0 Å². The number of aryl methyl sites for hydroxylation is 1. The molecule has 3 nitrogen and oxygen atoms in total. The Kier molecular flexibility index (Phi) is 4.65. The SMILES string of the molecule is Cc1cc(F)c(Br)cc1NC(=O)[C@@H](N)C(C)C. The van der Waals surface area contributed by atoms with Crippen LogP contribution in [0.15, 0.2) is 16.6 Å². The van der Waals surface area contributed by atoms with Gasteiger partial charge in [-0.1, -0.05) is 13.8 Å². The van der Waals surface area contributed by atoms with Gasteiger partial charge in [0.15, 0.2) is 0 Å². The number of hydrogen-bond acceptors (Lipinski definition) is 2. The number of carbonyl (C=O) groups is 1. The minimum absolute atomic E-state index is 0.0548. The van der Waals surface area contributed by atoms with Crippen molar-refractivity contribution in [3.8, 4) is 0 Å². The average Bonchev–Trinajstić information content (AvgIpc) is 2.24. The molecule has 1 rings (SSSR count). The molecule has 0 saturated heterocycles. The van der Waals surface area contributed by atoms with E-state index in [1.54, 1.807) is 6.92 Å². The zero-order valence-corrected chi connectivity index (χ0v) is 11.6. The summed E-state index contributed by atoms with van der Waals surface area (Å²) in [6, 6.07) is 2.33. The molecule has 94 valence electrons. The molecule has 0 aliphatic carbocycles. The van der Waals surface area contributed by atoms with E-state index in [2.05, 4.69) is 21.2 Å². The van der Waals surface area contributed by atoms with Crippen molar-refractivity contribution in [2.75, 3.05) is 5.32 Å². The van der Waals surface area contributed by atoms with Gasteiger partial charge in [0.2, 0.25) is 5.91 Å². The van der Waals surface area contributed by atoms with Crippen molar-refractivity contribution < 1.29 is 9.18 Å². The molecular formula is C12H16BrFN2O. The van der Waals surface area contributed by atoms with Gasteiger partial charge < -0.3 is 11.1 Å². The number of rotatable bonds is 3. The van der Waals surface area contributed by atoms with Gasteiger partial charge in [0.25, 0.3) is 0 Å². The predicted molar refractivity (Wildman–Crippen MR) is 70.3 cm³/mol. The minimum atomic E-state index is -0.571. The molecule has 0 aromatic heterocycles. The number of amides is 1. The normalized spacial score (nSPS) is 12.6. The maximum atomic E-state index is 13.2. The number of halogens is 2. The molecular weight excluding hydrogens is 287 g/mol. The molecule has 5 heteroatoms. The van der Waals surface area contributed by atoms with Gasteiger partial charge in [0, 0.05) is 5.69 Å². The van der Waals surface area contributed by atoms with E-state index in [4.69, 9.17) is 5.73 Å². The quantitative estimate of drug-likeness (QED) is 0.902. The Morgan fingerprint density at radius 2 is 2.06 bits per heavy atom. The van der Waals surface area contributed by atoms with Crippen molar-refractivity contribution in [2.24, 2.45) is 11.7 Å². The third kappa shape index (κ3) is 3.51. The Balaban J connectivity index is 2.89. The van der Waals surface area contributed by atoms with E-state index >= 15 is 0 Å². The summed E-state index contributed by atoms with van der Waals surface area (Å²) >= 11 is 3.08. The summed E-state index contributed by atoms with van der Waals surface area (Å²) < 4.78 is 13.5. The molecule has 0 unspecified atom stereocenters. The number of carbonyl (C=O) groups excluding carboxylic acids is 1. The lowest BCUT2D eigenvalue weighted by atomic mass is 10.0. The summed E-state index contributed by atoms with van der Waals surface area (Å²) in [5, 5.41) is 2.70. The molecule has 0 radical (unpaired) electrons. The van der Waals surface area contributed by atoms with Gasteiger partial charge in [0.1, 0.15) is 5.82 Å². The van der Waals surface area contributed by atoms with E-state index < -0.39 is 6.04 Å². The van der Waals surface area contributed by atoms with Crippen LogP contribution in [0.3, 0.4) is 0 Å². The van der Waals surface area contributed by atoms with Crippen LogP contribution in [-0.2, 0) is 4.79 Å². The monoisotopic (exact) mass is 302 g/mol. The number of nitrogens with one attached hydrogen (secondary N) is 1. The van der Waals surface area contributed by atoms with Gasteiger partial charge in [-0.25, -0.2) is 4.39 Å². The zero-order valence-electron chi connectivity index (χ0n) is 10.1. The smallest absolute Gasteiger partial charge is 0.241 e. The Hall–Kier alpha value is -0.940. The van der Waals surface area contributed by atoms with Crippen molar-refractivity contribution in [2.45, 2.75) is 26.8 Å². The fourth-order valence-electron chi connectivity index (χ4n) is 1.30. The first-order chi connectivity index (χ1) is 7.82. The molecule has 1 amide bonds. The van der Waals surface area contributed by atoms with Crippen LogP contribution in [0.5, 0.6) is 0 Å². The van der Waals surface area contributed by atoms with Crippen molar-refractivity contribution in [3.05, 3.63) is 28.0 Å². The van der Waals surface area contributed by atoms with Gasteiger partial charge in [0.05, 0.1) is 10.5 Å². The highest BCUT2D eigenvalue weighted by atomic mass is 79.9. The molecule has 0 saturated carbocycles. The molecule has 0 aliphatic heterocycles. The molecule has 1 aromatic carbocycles. The van der Waals surface area contributed by atoms with Crippen LogP contribution < -0.4 is 11.1 Å². The lowest BCUT2D eigenvalue weighted by molar-refractivity contribution is -0.118. The largest absolute Gasteiger partial charge is 0.324 e. The van der Waals surface area contributed by atoms with E-state index in [-0.39, 0.29) is 17.6 Å². The second-order valence-corrected chi connectivity index (χ2v) is 5.19. The van der Waals surface area contributed by atoms with E-state index in [1.807, 2.05) is 13.8 Å². The van der Waals surface area contributed by atoms with Crippen molar-refractivity contribution in [1.29, 1.82) is 0 Å². The van der Waals surface area contributed by atoms with E-state index in [0.717, 1.165) is 0 Å². The van der Waals surface area contributed by atoms with E-state index in [0.29, 0.717) is 15.7 Å². The maximum absolute atomic E-state index is 13.2. The molecule has 1 atom stereocenters. The van der Waals surface area contributed by atoms with Crippen molar-refractivity contribution in [3.63, 3.8) is 0 Å². The van der Waals surface area contributed by atoms with Gasteiger partial charge >= 0.3 is 0 Å². The molecule has 0 bridgehead atoms. The summed E-state index contributed by atoms with van der Waals surface area (Å²) in [6.07, 6.45) is 0. The molecule has 3 N–H and O–H groups in total. The first-order valence-electron chi connectivity index (χ1n) is 5.35. The summed E-state index contributed by atoms with van der Waals surface area (Å²) in [5.41, 5.74) is 6.96. The second-order valence-electron chi connectivity index (χ2n) is 4.34. The standard InChI is InChI=1S/C12H16BrFN2O/c1-6(2)11(15)12(17)16-10-5-8(13)9(14)4-7(10)3/h4-6,11H,15H2,1-3H3,(H,16,17)/t11-/m0/s1. The van der Waals surface area contributed by atoms with Gasteiger partial charge in [-0.3, -0.25) is 4.79 Å². The number of nitrogens with two attached hydrogens (primary N) is 1. The first-order valence-corrected chi connectivity index (χ1v) is 6.14. The fraction of sp³-hybridized carbons (Fsp3) is 0.417. The number of benzene rings is 1. The van der Waals surface area contributed by atoms with Crippen molar-refractivity contribution >= 4 is 27.5 Å². The van der Waals surface area contributed by atoms with Crippen LogP contribution in [0.2, 0.25) is 0 Å². The lowest BCUT2D eigenvalue weighted by Gasteiger charge is -2.16. The molecule has 1 aromatic rings. The maximum Gasteiger partial charge on any atom is 0.241 e. The fourth-order valence-corrected chi connectivity index (χ4v) is 1.64. The Morgan fingerprint density at radius 3 is 2.59 bits per heavy atom. The average molecular weight is 303 g/mol. The van der Waals surface area contributed by atoms with Crippen LogP contribution in [0.1, 0.15) is 19.4 Å². The topological polar surface area (TPSA) is 55.1 Å². The number of anilines is 1. The summed E-state index contributed by atoms with van der Waals surface area (Å²) in [6.45, 7) is 5.47. The summed E-state index contributed by atoms with van der Waals surface area (Å²) in [5.74, 6) is -0.561. The third-order valence-electron chi connectivity index (χ3n) is 2.55. The van der Waals surface area contributed by atoms with Crippen molar-refractivity contribution in [1.82, 2.24) is 0 Å². The Labute approximate surface area is 109 Å². The van der Waals surface area contributed by atoms with E-state index in [9.17, 15) is 9.18 Å². The zero-order chi connectivity index (χ0) is 13.2. The molecule has 0 fully saturated rings. The van der Waals surface area contributed by atoms with Gasteiger partial charge in [-0.15, -0.1) is 0 Å². The number of hydrogen-bond donors (Lipinski definition) is 2.